The van der Waals surface area contributed by atoms with Gasteiger partial charge in [0.25, 0.3) is 0 Å². The maximum Gasteiger partial charge on any atom is 0.0462 e. The standard InChI is InChI=1S/C38H29N/c1-5-13-31(14-6-1)32-23-27-37(28-24-32)39(35-19-11-4-12-20-35)36-25-21-30(22-26-36)29-38(33-15-7-2-8-16-33)34-17-9-3-10-18-34/h1-29H. The first-order chi connectivity index (χ1) is 19.3. The Morgan fingerprint density at radius 2 is 0.744 bits per heavy atom. The third-order valence-corrected chi connectivity index (χ3v) is 6.88. The van der Waals surface area contributed by atoms with Gasteiger partial charge in [0.1, 0.15) is 0 Å². The predicted octanol–water partition coefficient (Wildman–Crippen LogP) is 10.4. The van der Waals surface area contributed by atoms with Gasteiger partial charge in [0.05, 0.1) is 0 Å². The highest BCUT2D eigenvalue weighted by Gasteiger charge is 2.13. The summed E-state index contributed by atoms with van der Waals surface area (Å²) in [6.07, 6.45) is 2.27. The lowest BCUT2D eigenvalue weighted by Gasteiger charge is -2.25. The maximum atomic E-state index is 2.30. The molecule has 6 rings (SSSR count). The zero-order valence-electron chi connectivity index (χ0n) is 21.7. The molecule has 0 amide bonds. The normalized spacial score (nSPS) is 10.6. The summed E-state index contributed by atoms with van der Waals surface area (Å²) in [4.78, 5) is 2.30. The van der Waals surface area contributed by atoms with Crippen LogP contribution in [0.4, 0.5) is 17.1 Å². The summed E-state index contributed by atoms with van der Waals surface area (Å²) < 4.78 is 0. The SMILES string of the molecule is C(=C(c1ccccc1)c1ccccc1)c1ccc(N(c2ccccc2)c2ccc(-c3ccccc3)cc2)cc1. The monoisotopic (exact) mass is 499 g/mol. The van der Waals surface area contributed by atoms with Crippen molar-refractivity contribution in [1.82, 2.24) is 0 Å². The van der Waals surface area contributed by atoms with Crippen LogP contribution in [0, 0.1) is 0 Å². The minimum Gasteiger partial charge on any atom is -0.311 e. The van der Waals surface area contributed by atoms with E-state index in [1.54, 1.807) is 0 Å². The number of nitrogens with zero attached hydrogens (tertiary/aromatic N) is 1. The van der Waals surface area contributed by atoms with Gasteiger partial charge in [-0.3, -0.25) is 0 Å². The van der Waals surface area contributed by atoms with Crippen LogP contribution in [0.1, 0.15) is 16.7 Å². The molecule has 0 aliphatic heterocycles. The first kappa shape index (κ1) is 24.2. The second kappa shape index (κ2) is 11.5. The van der Waals surface area contributed by atoms with E-state index in [-0.39, 0.29) is 0 Å². The van der Waals surface area contributed by atoms with Gasteiger partial charge in [0.15, 0.2) is 0 Å². The van der Waals surface area contributed by atoms with Crippen molar-refractivity contribution in [3.63, 3.8) is 0 Å². The van der Waals surface area contributed by atoms with Gasteiger partial charge in [-0.2, -0.15) is 0 Å². The molecule has 0 radical (unpaired) electrons. The van der Waals surface area contributed by atoms with Crippen molar-refractivity contribution in [1.29, 1.82) is 0 Å². The van der Waals surface area contributed by atoms with Crippen molar-refractivity contribution in [3.8, 4) is 11.1 Å². The van der Waals surface area contributed by atoms with E-state index in [0.717, 1.165) is 22.6 Å². The Morgan fingerprint density at radius 1 is 0.359 bits per heavy atom. The van der Waals surface area contributed by atoms with Crippen LogP contribution in [0.15, 0.2) is 170 Å². The van der Waals surface area contributed by atoms with E-state index in [9.17, 15) is 0 Å². The molecule has 0 spiro atoms. The molecule has 0 aliphatic carbocycles. The summed E-state index contributed by atoms with van der Waals surface area (Å²) in [6.45, 7) is 0. The number of benzene rings is 6. The Labute approximate surface area is 231 Å². The van der Waals surface area contributed by atoms with E-state index in [1.807, 2.05) is 0 Å². The maximum absolute atomic E-state index is 2.30. The van der Waals surface area contributed by atoms with Crippen molar-refractivity contribution in [2.24, 2.45) is 0 Å². The van der Waals surface area contributed by atoms with E-state index < -0.39 is 0 Å². The average molecular weight is 500 g/mol. The number of anilines is 3. The van der Waals surface area contributed by atoms with Crippen LogP contribution in [-0.2, 0) is 0 Å². The Hall–Kier alpha value is -5.14. The Bertz CT molecular complexity index is 1600. The van der Waals surface area contributed by atoms with Crippen LogP contribution >= 0.6 is 0 Å². The van der Waals surface area contributed by atoms with Crippen LogP contribution in [-0.4, -0.2) is 0 Å². The van der Waals surface area contributed by atoms with Crippen LogP contribution in [0.25, 0.3) is 22.8 Å². The number of hydrogen-bond donors (Lipinski definition) is 0. The highest BCUT2D eigenvalue weighted by Crippen LogP contribution is 2.36. The summed E-state index contributed by atoms with van der Waals surface area (Å²) in [5.41, 5.74) is 10.6. The van der Waals surface area contributed by atoms with E-state index in [2.05, 4.69) is 181 Å². The smallest absolute Gasteiger partial charge is 0.0462 e. The van der Waals surface area contributed by atoms with E-state index >= 15 is 0 Å². The highest BCUT2D eigenvalue weighted by atomic mass is 15.1. The molecule has 0 atom stereocenters. The molecule has 0 aromatic heterocycles. The molecule has 0 fully saturated rings. The summed E-state index contributed by atoms with van der Waals surface area (Å²) in [7, 11) is 0. The van der Waals surface area contributed by atoms with Gasteiger partial charge in [-0.25, -0.2) is 0 Å². The first-order valence-electron chi connectivity index (χ1n) is 13.3. The average Bonchev–Trinajstić information content (AvgIpc) is 3.03. The predicted molar refractivity (Wildman–Crippen MR) is 166 cm³/mol. The minimum absolute atomic E-state index is 1.12. The summed E-state index contributed by atoms with van der Waals surface area (Å²) >= 11 is 0. The van der Waals surface area contributed by atoms with Crippen molar-refractivity contribution < 1.29 is 0 Å². The molecule has 186 valence electrons. The molecule has 0 heterocycles. The Kier molecular flexibility index (Phi) is 7.14. The van der Waals surface area contributed by atoms with E-state index in [0.29, 0.717) is 0 Å². The van der Waals surface area contributed by atoms with Crippen LogP contribution in [0.3, 0.4) is 0 Å². The van der Waals surface area contributed by atoms with Crippen LogP contribution in [0.2, 0.25) is 0 Å². The number of rotatable bonds is 7. The summed E-state index contributed by atoms with van der Waals surface area (Å²) in [6, 6.07) is 59.8. The van der Waals surface area contributed by atoms with E-state index in [4.69, 9.17) is 0 Å². The fourth-order valence-corrected chi connectivity index (χ4v) is 4.91. The lowest BCUT2D eigenvalue weighted by atomic mass is 9.95. The van der Waals surface area contributed by atoms with E-state index in [1.165, 1.54) is 27.8 Å². The topological polar surface area (TPSA) is 3.24 Å². The van der Waals surface area contributed by atoms with Crippen molar-refractivity contribution in [2.75, 3.05) is 4.90 Å². The molecule has 0 N–H and O–H groups in total. The molecular formula is C38H29N. The van der Waals surface area contributed by atoms with Gasteiger partial charge in [0, 0.05) is 17.1 Å². The molecule has 6 aromatic rings. The molecule has 1 heteroatoms. The largest absolute Gasteiger partial charge is 0.311 e. The highest BCUT2D eigenvalue weighted by molar-refractivity contribution is 5.91. The van der Waals surface area contributed by atoms with Crippen molar-refractivity contribution in [2.45, 2.75) is 0 Å². The molecule has 0 bridgehead atoms. The number of hydrogen-bond acceptors (Lipinski definition) is 1. The van der Waals surface area contributed by atoms with Gasteiger partial charge in [0.2, 0.25) is 0 Å². The number of para-hydroxylation sites is 1. The fraction of sp³-hybridized carbons (Fsp3) is 0. The first-order valence-corrected chi connectivity index (χ1v) is 13.3. The van der Waals surface area contributed by atoms with Crippen LogP contribution in [0.5, 0.6) is 0 Å². The minimum atomic E-state index is 1.12. The molecule has 1 nitrogen and oxygen atoms in total. The van der Waals surface area contributed by atoms with Gasteiger partial charge in [-0.15, -0.1) is 0 Å². The lowest BCUT2D eigenvalue weighted by molar-refractivity contribution is 1.28. The van der Waals surface area contributed by atoms with Gasteiger partial charge < -0.3 is 4.90 Å². The van der Waals surface area contributed by atoms with Gasteiger partial charge >= 0.3 is 0 Å². The molecule has 6 aromatic carbocycles. The molecule has 0 unspecified atom stereocenters. The second-order valence-corrected chi connectivity index (χ2v) is 9.47. The Balaban J connectivity index is 1.37. The molecule has 0 aliphatic rings. The van der Waals surface area contributed by atoms with Gasteiger partial charge in [-0.1, -0.05) is 133 Å². The lowest BCUT2D eigenvalue weighted by Crippen LogP contribution is -2.09. The van der Waals surface area contributed by atoms with Crippen molar-refractivity contribution in [3.05, 3.63) is 187 Å². The quantitative estimate of drug-likeness (QED) is 0.197. The Morgan fingerprint density at radius 3 is 1.26 bits per heavy atom. The fourth-order valence-electron chi connectivity index (χ4n) is 4.91. The molecule has 0 saturated carbocycles. The van der Waals surface area contributed by atoms with Gasteiger partial charge in [-0.05, 0) is 75.9 Å². The third kappa shape index (κ3) is 5.58. The van der Waals surface area contributed by atoms with Crippen molar-refractivity contribution >= 4 is 28.7 Å². The summed E-state index contributed by atoms with van der Waals surface area (Å²) in [5, 5.41) is 0. The summed E-state index contributed by atoms with van der Waals surface area (Å²) in [5.74, 6) is 0. The molecule has 39 heavy (non-hydrogen) atoms. The molecular weight excluding hydrogens is 470 g/mol. The molecule has 0 saturated heterocycles. The third-order valence-electron chi connectivity index (χ3n) is 6.88. The zero-order chi connectivity index (χ0) is 26.3. The second-order valence-electron chi connectivity index (χ2n) is 9.47. The van der Waals surface area contributed by atoms with Crippen LogP contribution < -0.4 is 4.90 Å². The zero-order valence-corrected chi connectivity index (χ0v) is 21.7.